The predicted octanol–water partition coefficient (Wildman–Crippen LogP) is 4.63. The summed E-state index contributed by atoms with van der Waals surface area (Å²) in [4.78, 5) is 54.8. The minimum Gasteiger partial charge on any atom is -0.460 e. The Kier molecular flexibility index (Phi) is 12.0. The molecule has 0 saturated carbocycles. The molecule has 13 heteroatoms. The molecule has 0 spiro atoms. The molecule has 1 fully saturated rings. The summed E-state index contributed by atoms with van der Waals surface area (Å²) in [5.41, 5.74) is -1.47. The molecule has 0 aliphatic carbocycles. The normalized spacial score (nSPS) is 16.6. The standard InChI is InChI=1S/C30H52N6O7/c1-12-20(2)24(31-26(39)42-29(6,7)8)21-19-36(33-32-21)22(13-14-23(37)41-28(3,4)5)25(38)34-15-17-35(18-16-34)27(40)43-30(9,10)11/h19-20,22,24H,12-18H2,1-11H3,(H,31,39)/t20-,22+,24?/m1/s1. The number of carbonyl (C=O) groups excluding carboxylic acids is 4. The first kappa shape index (κ1) is 35.8. The molecule has 1 aliphatic rings. The molecular weight excluding hydrogens is 556 g/mol. The second-order valence-electron chi connectivity index (χ2n) is 14.1. The smallest absolute Gasteiger partial charge is 0.410 e. The minimum absolute atomic E-state index is 0.00508. The number of nitrogens with zero attached hydrogens (tertiary/aromatic N) is 5. The molecule has 0 radical (unpaired) electrons. The molecule has 3 amide bonds. The summed E-state index contributed by atoms with van der Waals surface area (Å²) >= 11 is 0. The second-order valence-corrected chi connectivity index (χ2v) is 14.1. The van der Waals surface area contributed by atoms with Gasteiger partial charge in [0.25, 0.3) is 0 Å². The number of nitrogens with one attached hydrogen (secondary N) is 1. The molecular formula is C30H52N6O7. The first-order valence-electron chi connectivity index (χ1n) is 15.1. The van der Waals surface area contributed by atoms with Gasteiger partial charge in [-0.15, -0.1) is 5.10 Å². The third-order valence-electron chi connectivity index (χ3n) is 6.62. The summed E-state index contributed by atoms with van der Waals surface area (Å²) in [7, 11) is 0. The van der Waals surface area contributed by atoms with E-state index in [0.29, 0.717) is 31.9 Å². The molecule has 43 heavy (non-hydrogen) atoms. The topological polar surface area (TPSA) is 145 Å². The highest BCUT2D eigenvalue weighted by Gasteiger charge is 2.34. The van der Waals surface area contributed by atoms with Crippen molar-refractivity contribution in [2.75, 3.05) is 26.2 Å². The lowest BCUT2D eigenvalue weighted by atomic mass is 9.97. The third kappa shape index (κ3) is 12.0. The van der Waals surface area contributed by atoms with E-state index in [9.17, 15) is 19.2 Å². The van der Waals surface area contributed by atoms with Crippen molar-refractivity contribution in [1.29, 1.82) is 0 Å². The van der Waals surface area contributed by atoms with Crippen LogP contribution in [0.4, 0.5) is 9.59 Å². The van der Waals surface area contributed by atoms with Crippen LogP contribution < -0.4 is 5.32 Å². The number of alkyl carbamates (subject to hydrolysis) is 1. The van der Waals surface area contributed by atoms with E-state index < -0.39 is 47.0 Å². The van der Waals surface area contributed by atoms with Crippen LogP contribution in [0, 0.1) is 5.92 Å². The van der Waals surface area contributed by atoms with E-state index in [1.165, 1.54) is 4.68 Å². The maximum absolute atomic E-state index is 13.9. The molecule has 1 unspecified atom stereocenters. The van der Waals surface area contributed by atoms with Crippen molar-refractivity contribution in [1.82, 2.24) is 30.1 Å². The van der Waals surface area contributed by atoms with Crippen molar-refractivity contribution in [3.05, 3.63) is 11.9 Å². The highest BCUT2D eigenvalue weighted by molar-refractivity contribution is 5.81. The zero-order valence-electron chi connectivity index (χ0n) is 27.9. The van der Waals surface area contributed by atoms with E-state index in [2.05, 4.69) is 15.6 Å². The molecule has 1 aromatic rings. The summed E-state index contributed by atoms with van der Waals surface area (Å²) in [5.74, 6) is -0.678. The molecule has 13 nitrogen and oxygen atoms in total. The van der Waals surface area contributed by atoms with Crippen LogP contribution in [0.3, 0.4) is 0 Å². The van der Waals surface area contributed by atoms with Gasteiger partial charge in [-0.1, -0.05) is 25.5 Å². The Balaban J connectivity index is 2.28. The zero-order valence-corrected chi connectivity index (χ0v) is 27.9. The lowest BCUT2D eigenvalue weighted by Gasteiger charge is -2.37. The first-order chi connectivity index (χ1) is 19.7. The van der Waals surface area contributed by atoms with Gasteiger partial charge in [0, 0.05) is 32.6 Å². The van der Waals surface area contributed by atoms with Gasteiger partial charge in [-0.25, -0.2) is 14.3 Å². The van der Waals surface area contributed by atoms with Gasteiger partial charge in [0.15, 0.2) is 0 Å². The number of carbonyl (C=O) groups is 4. The van der Waals surface area contributed by atoms with Crippen LogP contribution >= 0.6 is 0 Å². The molecule has 3 atom stereocenters. The lowest BCUT2D eigenvalue weighted by Crippen LogP contribution is -2.53. The Morgan fingerprint density at radius 3 is 1.91 bits per heavy atom. The molecule has 1 saturated heterocycles. The number of piperazine rings is 1. The molecule has 2 rings (SSSR count). The molecule has 244 valence electrons. The molecule has 1 N–H and O–H groups in total. The SMILES string of the molecule is CC[C@@H](C)C(NC(=O)OC(C)(C)C)c1cn([C@@H](CCC(=O)OC(C)(C)C)C(=O)N2CCN(C(=O)OC(C)(C)C)CC2)nn1. The maximum Gasteiger partial charge on any atom is 0.410 e. The average molecular weight is 609 g/mol. The Bertz CT molecular complexity index is 1110. The Labute approximate surface area is 255 Å². The number of aromatic nitrogens is 3. The van der Waals surface area contributed by atoms with E-state index >= 15 is 0 Å². The van der Waals surface area contributed by atoms with E-state index in [4.69, 9.17) is 14.2 Å². The van der Waals surface area contributed by atoms with Gasteiger partial charge >= 0.3 is 18.2 Å². The molecule has 0 bridgehead atoms. The first-order valence-corrected chi connectivity index (χ1v) is 15.1. The van der Waals surface area contributed by atoms with Crippen molar-refractivity contribution in [2.24, 2.45) is 5.92 Å². The summed E-state index contributed by atoms with van der Waals surface area (Å²) < 4.78 is 17.9. The van der Waals surface area contributed by atoms with Crippen LogP contribution in [-0.4, -0.2) is 91.8 Å². The summed E-state index contributed by atoms with van der Waals surface area (Å²) in [5, 5.41) is 11.5. The maximum atomic E-state index is 13.9. The van der Waals surface area contributed by atoms with Crippen molar-refractivity contribution >= 4 is 24.1 Å². The minimum atomic E-state index is -0.846. The number of ether oxygens (including phenoxy) is 3. The van der Waals surface area contributed by atoms with Crippen molar-refractivity contribution in [3.8, 4) is 0 Å². The quantitative estimate of drug-likeness (QED) is 0.313. The van der Waals surface area contributed by atoms with Crippen LogP contribution in [0.15, 0.2) is 6.20 Å². The van der Waals surface area contributed by atoms with E-state index in [-0.39, 0.29) is 24.7 Å². The fourth-order valence-corrected chi connectivity index (χ4v) is 4.43. The monoisotopic (exact) mass is 608 g/mol. The summed E-state index contributed by atoms with van der Waals surface area (Å²) in [6.07, 6.45) is 1.52. The number of amides is 3. The Morgan fingerprint density at radius 2 is 1.40 bits per heavy atom. The fourth-order valence-electron chi connectivity index (χ4n) is 4.43. The van der Waals surface area contributed by atoms with Crippen LogP contribution in [0.2, 0.25) is 0 Å². The predicted molar refractivity (Wildman–Crippen MR) is 160 cm³/mol. The van der Waals surface area contributed by atoms with E-state index in [1.54, 1.807) is 78.3 Å². The summed E-state index contributed by atoms with van der Waals surface area (Å²) in [6, 6.07) is -1.35. The van der Waals surface area contributed by atoms with Crippen molar-refractivity contribution in [2.45, 2.75) is 124 Å². The lowest BCUT2D eigenvalue weighted by molar-refractivity contribution is -0.155. The molecule has 2 heterocycles. The van der Waals surface area contributed by atoms with Gasteiger partial charge in [0.1, 0.15) is 28.5 Å². The number of esters is 1. The molecule has 0 aromatic carbocycles. The van der Waals surface area contributed by atoms with Gasteiger partial charge < -0.3 is 29.3 Å². The van der Waals surface area contributed by atoms with Gasteiger partial charge in [0.05, 0.1) is 12.2 Å². The Hall–Kier alpha value is -3.38. The number of rotatable bonds is 9. The number of hydrogen-bond acceptors (Lipinski definition) is 9. The zero-order chi connectivity index (χ0) is 32.8. The average Bonchev–Trinajstić information content (AvgIpc) is 3.33. The van der Waals surface area contributed by atoms with Crippen LogP contribution in [0.1, 0.15) is 113 Å². The highest BCUT2D eigenvalue weighted by Crippen LogP contribution is 2.26. The fraction of sp³-hybridized carbons (Fsp3) is 0.800. The van der Waals surface area contributed by atoms with Crippen LogP contribution in [-0.2, 0) is 23.8 Å². The number of hydrogen-bond donors (Lipinski definition) is 1. The van der Waals surface area contributed by atoms with Gasteiger partial charge in [-0.2, -0.15) is 0 Å². The van der Waals surface area contributed by atoms with Gasteiger partial charge in [-0.3, -0.25) is 9.59 Å². The van der Waals surface area contributed by atoms with Crippen LogP contribution in [0.25, 0.3) is 0 Å². The van der Waals surface area contributed by atoms with E-state index in [0.717, 1.165) is 6.42 Å². The molecule has 1 aliphatic heterocycles. The second kappa shape index (κ2) is 14.4. The van der Waals surface area contributed by atoms with Crippen molar-refractivity contribution in [3.63, 3.8) is 0 Å². The Morgan fingerprint density at radius 1 is 0.860 bits per heavy atom. The van der Waals surface area contributed by atoms with Crippen LogP contribution in [0.5, 0.6) is 0 Å². The molecule has 1 aromatic heterocycles. The van der Waals surface area contributed by atoms with Crippen molar-refractivity contribution < 1.29 is 33.4 Å². The third-order valence-corrected chi connectivity index (χ3v) is 6.62. The van der Waals surface area contributed by atoms with Gasteiger partial charge in [-0.05, 0) is 74.7 Å². The van der Waals surface area contributed by atoms with Gasteiger partial charge in [0.2, 0.25) is 5.91 Å². The van der Waals surface area contributed by atoms with E-state index in [1.807, 2.05) is 13.8 Å². The summed E-state index contributed by atoms with van der Waals surface area (Å²) in [6.45, 7) is 21.4. The highest BCUT2D eigenvalue weighted by atomic mass is 16.6. The largest absolute Gasteiger partial charge is 0.460 e.